The van der Waals surface area contributed by atoms with Crippen LogP contribution in [0.5, 0.6) is 5.75 Å². The van der Waals surface area contributed by atoms with E-state index in [9.17, 15) is 4.79 Å². The number of hydrogen-bond acceptors (Lipinski definition) is 3. The molecule has 1 aromatic rings. The highest BCUT2D eigenvalue weighted by Crippen LogP contribution is 2.10. The van der Waals surface area contributed by atoms with E-state index in [-0.39, 0.29) is 11.7 Å². The molecule has 76 valence electrons. The predicted molar refractivity (Wildman–Crippen MR) is 53.6 cm³/mol. The van der Waals surface area contributed by atoms with Crippen LogP contribution in [0.1, 0.15) is 12.5 Å². The fourth-order valence-electron chi connectivity index (χ4n) is 1.02. The van der Waals surface area contributed by atoms with E-state index < -0.39 is 6.04 Å². The number of benzene rings is 1. The zero-order chi connectivity index (χ0) is 10.6. The van der Waals surface area contributed by atoms with Crippen LogP contribution in [0, 0.1) is 0 Å². The van der Waals surface area contributed by atoms with Gasteiger partial charge in [-0.15, -0.1) is 0 Å². The summed E-state index contributed by atoms with van der Waals surface area (Å²) in [7, 11) is 0. The Hall–Kier alpha value is -1.55. The average molecular weight is 194 g/mol. The molecule has 0 aliphatic carbocycles. The van der Waals surface area contributed by atoms with E-state index in [1.54, 1.807) is 25.1 Å². The average Bonchev–Trinajstić information content (AvgIpc) is 2.14. The number of hydrogen-bond donors (Lipinski definition) is 3. The van der Waals surface area contributed by atoms with Gasteiger partial charge in [0.05, 0.1) is 6.04 Å². The highest BCUT2D eigenvalue weighted by atomic mass is 16.3. The first-order valence-corrected chi connectivity index (χ1v) is 4.41. The smallest absolute Gasteiger partial charge is 0.236 e. The highest BCUT2D eigenvalue weighted by Gasteiger charge is 2.05. The van der Waals surface area contributed by atoms with Crippen molar-refractivity contribution >= 4 is 5.91 Å². The van der Waals surface area contributed by atoms with Gasteiger partial charge >= 0.3 is 0 Å². The molecule has 4 heteroatoms. The number of phenols is 1. The Morgan fingerprint density at radius 2 is 2.36 bits per heavy atom. The summed E-state index contributed by atoms with van der Waals surface area (Å²) >= 11 is 0. The van der Waals surface area contributed by atoms with Crippen LogP contribution in [0.15, 0.2) is 24.3 Å². The summed E-state index contributed by atoms with van der Waals surface area (Å²) in [5.41, 5.74) is 6.21. The van der Waals surface area contributed by atoms with Crippen molar-refractivity contribution in [2.24, 2.45) is 5.73 Å². The molecule has 0 unspecified atom stereocenters. The Balaban J connectivity index is 2.50. The van der Waals surface area contributed by atoms with E-state index in [0.29, 0.717) is 6.54 Å². The molecule has 1 rings (SSSR count). The first-order chi connectivity index (χ1) is 6.59. The minimum atomic E-state index is -0.507. The first kappa shape index (κ1) is 10.5. The molecule has 0 saturated carbocycles. The summed E-state index contributed by atoms with van der Waals surface area (Å²) in [6.07, 6.45) is 0. The lowest BCUT2D eigenvalue weighted by Crippen LogP contribution is -2.37. The topological polar surface area (TPSA) is 75.4 Å². The Morgan fingerprint density at radius 3 is 2.93 bits per heavy atom. The van der Waals surface area contributed by atoms with Crippen LogP contribution in [0.2, 0.25) is 0 Å². The molecule has 4 nitrogen and oxygen atoms in total. The lowest BCUT2D eigenvalue weighted by Gasteiger charge is -2.07. The summed E-state index contributed by atoms with van der Waals surface area (Å²) < 4.78 is 0. The molecule has 4 N–H and O–H groups in total. The molecule has 0 fully saturated rings. The van der Waals surface area contributed by atoms with E-state index >= 15 is 0 Å². The molecule has 1 atom stereocenters. The Bertz CT molecular complexity index is 324. The molecule has 0 spiro atoms. The van der Waals surface area contributed by atoms with Crippen LogP contribution in [-0.2, 0) is 11.3 Å². The molecular weight excluding hydrogens is 180 g/mol. The third-order valence-corrected chi connectivity index (χ3v) is 1.79. The minimum Gasteiger partial charge on any atom is -0.508 e. The zero-order valence-corrected chi connectivity index (χ0v) is 8.03. The number of nitrogens with one attached hydrogen (secondary N) is 1. The van der Waals surface area contributed by atoms with E-state index in [2.05, 4.69) is 5.32 Å². The van der Waals surface area contributed by atoms with Gasteiger partial charge in [0.25, 0.3) is 0 Å². The van der Waals surface area contributed by atoms with Crippen LogP contribution in [0.3, 0.4) is 0 Å². The first-order valence-electron chi connectivity index (χ1n) is 4.41. The van der Waals surface area contributed by atoms with Gasteiger partial charge in [-0.2, -0.15) is 0 Å². The quantitative estimate of drug-likeness (QED) is 0.650. The van der Waals surface area contributed by atoms with Gasteiger partial charge in [-0.25, -0.2) is 0 Å². The van der Waals surface area contributed by atoms with Crippen molar-refractivity contribution in [1.29, 1.82) is 0 Å². The third kappa shape index (κ3) is 3.06. The second-order valence-corrected chi connectivity index (χ2v) is 3.18. The molecule has 0 aromatic heterocycles. The molecular formula is C10H14N2O2. The number of aromatic hydroxyl groups is 1. The van der Waals surface area contributed by atoms with Crippen molar-refractivity contribution in [3.05, 3.63) is 29.8 Å². The van der Waals surface area contributed by atoms with Gasteiger partial charge in [-0.3, -0.25) is 4.79 Å². The lowest BCUT2D eigenvalue weighted by atomic mass is 10.2. The molecule has 0 saturated heterocycles. The fraction of sp³-hybridized carbons (Fsp3) is 0.300. The van der Waals surface area contributed by atoms with Crippen LogP contribution in [-0.4, -0.2) is 17.1 Å². The maximum absolute atomic E-state index is 11.1. The van der Waals surface area contributed by atoms with Crippen molar-refractivity contribution in [2.75, 3.05) is 0 Å². The normalized spacial score (nSPS) is 12.1. The van der Waals surface area contributed by atoms with Gasteiger partial charge in [-0.1, -0.05) is 12.1 Å². The van der Waals surface area contributed by atoms with Gasteiger partial charge < -0.3 is 16.2 Å². The van der Waals surface area contributed by atoms with E-state index in [0.717, 1.165) is 5.56 Å². The minimum absolute atomic E-state index is 0.192. The predicted octanol–water partition coefficient (Wildman–Crippen LogP) is 0.356. The molecule has 0 bridgehead atoms. The maximum atomic E-state index is 11.1. The van der Waals surface area contributed by atoms with Crippen LogP contribution < -0.4 is 11.1 Å². The summed E-state index contributed by atoms with van der Waals surface area (Å²) in [5, 5.41) is 11.8. The molecule has 0 radical (unpaired) electrons. The number of carbonyl (C=O) groups excluding carboxylic acids is 1. The van der Waals surface area contributed by atoms with E-state index in [1.165, 1.54) is 0 Å². The van der Waals surface area contributed by atoms with Crippen molar-refractivity contribution in [3.63, 3.8) is 0 Å². The van der Waals surface area contributed by atoms with Crippen molar-refractivity contribution in [3.8, 4) is 5.75 Å². The van der Waals surface area contributed by atoms with Crippen molar-refractivity contribution < 1.29 is 9.90 Å². The van der Waals surface area contributed by atoms with Crippen molar-refractivity contribution in [2.45, 2.75) is 19.5 Å². The zero-order valence-electron chi connectivity index (χ0n) is 8.03. The van der Waals surface area contributed by atoms with Gasteiger partial charge in [0.2, 0.25) is 5.91 Å². The van der Waals surface area contributed by atoms with E-state index in [1.807, 2.05) is 6.07 Å². The lowest BCUT2D eigenvalue weighted by molar-refractivity contribution is -0.122. The molecule has 1 aromatic carbocycles. The fourth-order valence-corrected chi connectivity index (χ4v) is 1.02. The highest BCUT2D eigenvalue weighted by molar-refractivity contribution is 5.80. The Kier molecular flexibility index (Phi) is 3.48. The summed E-state index contributed by atoms with van der Waals surface area (Å²) in [4.78, 5) is 11.1. The molecule has 14 heavy (non-hydrogen) atoms. The van der Waals surface area contributed by atoms with Gasteiger partial charge in [0.1, 0.15) is 5.75 Å². The summed E-state index contributed by atoms with van der Waals surface area (Å²) in [6.45, 7) is 2.01. The molecule has 0 aliphatic rings. The molecule has 0 heterocycles. The number of carbonyl (C=O) groups is 1. The van der Waals surface area contributed by atoms with Crippen LogP contribution in [0.4, 0.5) is 0 Å². The summed E-state index contributed by atoms with van der Waals surface area (Å²) in [6, 6.07) is 6.22. The van der Waals surface area contributed by atoms with Gasteiger partial charge in [0, 0.05) is 6.54 Å². The number of amides is 1. The second-order valence-electron chi connectivity index (χ2n) is 3.18. The van der Waals surface area contributed by atoms with Crippen LogP contribution in [0.25, 0.3) is 0 Å². The largest absolute Gasteiger partial charge is 0.508 e. The van der Waals surface area contributed by atoms with Gasteiger partial charge in [0.15, 0.2) is 0 Å². The standard InChI is InChI=1S/C10H14N2O2/c1-7(11)10(14)12-6-8-3-2-4-9(13)5-8/h2-5,7,13H,6,11H2,1H3,(H,12,14)/t7-/m0/s1. The molecule has 0 aliphatic heterocycles. The monoisotopic (exact) mass is 194 g/mol. The van der Waals surface area contributed by atoms with Gasteiger partial charge in [-0.05, 0) is 24.6 Å². The summed E-state index contributed by atoms with van der Waals surface area (Å²) in [5.74, 6) is -0.00844. The second kappa shape index (κ2) is 4.62. The Morgan fingerprint density at radius 1 is 1.64 bits per heavy atom. The molecule has 1 amide bonds. The SMILES string of the molecule is C[C@H](N)C(=O)NCc1cccc(O)c1. The maximum Gasteiger partial charge on any atom is 0.236 e. The Labute approximate surface area is 82.7 Å². The number of rotatable bonds is 3. The van der Waals surface area contributed by atoms with Crippen LogP contribution >= 0.6 is 0 Å². The van der Waals surface area contributed by atoms with Crippen molar-refractivity contribution in [1.82, 2.24) is 5.32 Å². The number of phenolic OH excluding ortho intramolecular Hbond substituents is 1. The van der Waals surface area contributed by atoms with E-state index in [4.69, 9.17) is 10.8 Å². The third-order valence-electron chi connectivity index (χ3n) is 1.79. The number of nitrogens with two attached hydrogens (primary N) is 1.